The van der Waals surface area contributed by atoms with E-state index in [0.717, 1.165) is 0 Å². The molecule has 0 aromatic carbocycles. The van der Waals surface area contributed by atoms with E-state index in [4.69, 9.17) is 11.7 Å². The van der Waals surface area contributed by atoms with Gasteiger partial charge in [-0.3, -0.25) is 0 Å². The van der Waals surface area contributed by atoms with E-state index in [0.29, 0.717) is 10.0 Å². The van der Waals surface area contributed by atoms with E-state index in [1.165, 1.54) is 0 Å². The van der Waals surface area contributed by atoms with Crippen LogP contribution in [0.3, 0.4) is 0 Å². The minimum Gasteiger partial charge on any atom is -0.366 e. The number of rotatable bonds is 4. The summed E-state index contributed by atoms with van der Waals surface area (Å²) in [6.07, 6.45) is -2.45. The Morgan fingerprint density at radius 2 is 1.05 bits per heavy atom. The summed E-state index contributed by atoms with van der Waals surface area (Å²) in [6, 6.07) is 0. The highest BCUT2D eigenvalue weighted by Crippen LogP contribution is 1.99. The molecule has 0 bridgehead atoms. The van der Waals surface area contributed by atoms with Crippen molar-refractivity contribution in [1.82, 2.24) is 10.0 Å². The number of carbonyl (C=O) groups excluding carboxylic acids is 4. The van der Waals surface area contributed by atoms with Gasteiger partial charge in [-0.2, -0.15) is 0 Å². The van der Waals surface area contributed by atoms with Gasteiger partial charge in [0.1, 0.15) is 0 Å². The highest BCUT2D eigenvalue weighted by molar-refractivity contribution is 6.33. The first-order chi connectivity index (χ1) is 10.0. The van der Waals surface area contributed by atoms with Crippen molar-refractivity contribution in [2.45, 2.75) is 27.7 Å². The SMILES string of the molecule is CC(C)CN(N)C(=O)OC(=O)C(=O)OC(=O)N(N)CC(C)C. The van der Waals surface area contributed by atoms with E-state index in [2.05, 4.69) is 9.47 Å². The van der Waals surface area contributed by atoms with Crippen LogP contribution in [0.5, 0.6) is 0 Å². The van der Waals surface area contributed by atoms with Gasteiger partial charge in [-0.25, -0.2) is 40.9 Å². The quantitative estimate of drug-likeness (QED) is 0.184. The molecule has 10 nitrogen and oxygen atoms in total. The van der Waals surface area contributed by atoms with Crippen LogP contribution >= 0.6 is 0 Å². The van der Waals surface area contributed by atoms with E-state index < -0.39 is 24.1 Å². The minimum atomic E-state index is -1.66. The van der Waals surface area contributed by atoms with Crippen LogP contribution in [0.15, 0.2) is 0 Å². The molecule has 0 aliphatic carbocycles. The zero-order chi connectivity index (χ0) is 17.4. The second-order valence-corrected chi connectivity index (χ2v) is 5.40. The lowest BCUT2D eigenvalue weighted by Crippen LogP contribution is -2.44. The van der Waals surface area contributed by atoms with Crippen molar-refractivity contribution < 1.29 is 28.7 Å². The molecule has 0 saturated carbocycles. The smallest absolute Gasteiger partial charge is 0.366 e. The first-order valence-corrected chi connectivity index (χ1v) is 6.60. The van der Waals surface area contributed by atoms with Crippen LogP contribution in [0.4, 0.5) is 9.59 Å². The zero-order valence-corrected chi connectivity index (χ0v) is 13.1. The van der Waals surface area contributed by atoms with Gasteiger partial charge in [-0.15, -0.1) is 0 Å². The molecular weight excluding hydrogens is 296 g/mol. The highest BCUT2D eigenvalue weighted by atomic mass is 16.7. The summed E-state index contributed by atoms with van der Waals surface area (Å²) in [4.78, 5) is 45.4. The molecule has 0 spiro atoms. The fourth-order valence-corrected chi connectivity index (χ4v) is 1.30. The molecule has 0 atom stereocenters. The predicted molar refractivity (Wildman–Crippen MR) is 74.4 cm³/mol. The standard InChI is InChI=1S/C12H22N4O6/c1-7(2)5-15(13)11(19)21-9(17)10(18)22-12(20)16(14)6-8(3)4/h7-8H,5-6,13-14H2,1-4H3. The Morgan fingerprint density at radius 3 is 1.27 bits per heavy atom. The molecule has 10 heteroatoms. The van der Waals surface area contributed by atoms with Crippen LogP contribution < -0.4 is 11.7 Å². The summed E-state index contributed by atoms with van der Waals surface area (Å²) in [5.41, 5.74) is 0. The van der Waals surface area contributed by atoms with Crippen LogP contribution in [0.25, 0.3) is 0 Å². The molecule has 0 heterocycles. The van der Waals surface area contributed by atoms with Crippen molar-refractivity contribution in [3.05, 3.63) is 0 Å². The second kappa shape index (κ2) is 8.95. The molecule has 22 heavy (non-hydrogen) atoms. The van der Waals surface area contributed by atoms with Gasteiger partial charge in [0.2, 0.25) is 0 Å². The Morgan fingerprint density at radius 1 is 0.773 bits per heavy atom. The number of ether oxygens (including phenoxy) is 2. The maximum absolute atomic E-state index is 11.4. The van der Waals surface area contributed by atoms with E-state index in [1.54, 1.807) is 27.7 Å². The molecule has 0 aliphatic heterocycles. The van der Waals surface area contributed by atoms with Gasteiger partial charge in [0.25, 0.3) is 0 Å². The molecule has 0 aliphatic rings. The molecule has 2 amide bonds. The fourth-order valence-electron chi connectivity index (χ4n) is 1.30. The molecule has 0 unspecified atom stereocenters. The lowest BCUT2D eigenvalue weighted by Gasteiger charge is -2.18. The predicted octanol–water partition coefficient (Wildman–Crippen LogP) is -0.0238. The van der Waals surface area contributed by atoms with Crippen LogP contribution in [0, 0.1) is 11.8 Å². The minimum absolute atomic E-state index is 0.0306. The Bertz CT molecular complexity index is 397. The fraction of sp³-hybridized carbons (Fsp3) is 0.667. The maximum Gasteiger partial charge on any atom is 0.432 e. The molecule has 126 valence electrons. The Hall–Kier alpha value is -2.20. The number of amides is 2. The monoisotopic (exact) mass is 318 g/mol. The summed E-state index contributed by atoms with van der Waals surface area (Å²) in [7, 11) is 0. The summed E-state index contributed by atoms with van der Waals surface area (Å²) < 4.78 is 8.35. The van der Waals surface area contributed by atoms with Crippen LogP contribution in [-0.4, -0.2) is 47.2 Å². The third kappa shape index (κ3) is 7.55. The summed E-state index contributed by atoms with van der Waals surface area (Å²) in [5.74, 6) is 7.41. The third-order valence-corrected chi connectivity index (χ3v) is 2.12. The van der Waals surface area contributed by atoms with Crippen LogP contribution in [0.1, 0.15) is 27.7 Å². The number of hydrogen-bond donors (Lipinski definition) is 2. The Balaban J connectivity index is 4.41. The number of carbonyl (C=O) groups is 4. The van der Waals surface area contributed by atoms with Gasteiger partial charge < -0.3 is 9.47 Å². The van der Waals surface area contributed by atoms with Crippen molar-refractivity contribution in [2.24, 2.45) is 23.5 Å². The molecule has 0 rings (SSSR count). The van der Waals surface area contributed by atoms with E-state index in [-0.39, 0.29) is 24.9 Å². The highest BCUT2D eigenvalue weighted by Gasteiger charge is 2.28. The lowest BCUT2D eigenvalue weighted by molar-refractivity contribution is -0.161. The number of hydrazine groups is 2. The summed E-state index contributed by atoms with van der Waals surface area (Å²) in [5, 5.41) is 1.26. The number of hydrogen-bond acceptors (Lipinski definition) is 8. The number of nitrogens with two attached hydrogens (primary N) is 2. The Kier molecular flexibility index (Phi) is 8.05. The van der Waals surface area contributed by atoms with Gasteiger partial charge in [-0.05, 0) is 11.8 Å². The molecule has 0 aromatic rings. The molecular formula is C12H22N4O6. The number of nitrogens with zero attached hydrogens (tertiary/aromatic N) is 2. The molecule has 0 radical (unpaired) electrons. The van der Waals surface area contributed by atoms with Crippen LogP contribution in [0.2, 0.25) is 0 Å². The zero-order valence-electron chi connectivity index (χ0n) is 13.1. The van der Waals surface area contributed by atoms with Crippen molar-refractivity contribution in [3.63, 3.8) is 0 Å². The summed E-state index contributed by atoms with van der Waals surface area (Å²) in [6.45, 7) is 7.37. The van der Waals surface area contributed by atoms with Crippen molar-refractivity contribution in [2.75, 3.05) is 13.1 Å². The molecule has 0 aromatic heterocycles. The first-order valence-electron chi connectivity index (χ1n) is 6.60. The van der Waals surface area contributed by atoms with Crippen LogP contribution in [-0.2, 0) is 19.1 Å². The van der Waals surface area contributed by atoms with Gasteiger partial charge in [0.15, 0.2) is 0 Å². The lowest BCUT2D eigenvalue weighted by atomic mass is 10.2. The molecule has 4 N–H and O–H groups in total. The average Bonchev–Trinajstić information content (AvgIpc) is 2.36. The van der Waals surface area contributed by atoms with Crippen molar-refractivity contribution in [3.8, 4) is 0 Å². The largest absolute Gasteiger partial charge is 0.432 e. The Labute approximate surface area is 128 Å². The van der Waals surface area contributed by atoms with E-state index >= 15 is 0 Å². The summed E-state index contributed by atoms with van der Waals surface area (Å²) >= 11 is 0. The van der Waals surface area contributed by atoms with Gasteiger partial charge in [0.05, 0.1) is 0 Å². The number of esters is 2. The topological polar surface area (TPSA) is 145 Å². The maximum atomic E-state index is 11.4. The van der Waals surface area contributed by atoms with Crippen molar-refractivity contribution in [1.29, 1.82) is 0 Å². The van der Waals surface area contributed by atoms with E-state index in [9.17, 15) is 19.2 Å². The molecule has 0 saturated heterocycles. The first kappa shape index (κ1) is 19.8. The normalized spacial score (nSPS) is 10.4. The van der Waals surface area contributed by atoms with Gasteiger partial charge in [0, 0.05) is 13.1 Å². The van der Waals surface area contributed by atoms with Gasteiger partial charge in [-0.1, -0.05) is 27.7 Å². The van der Waals surface area contributed by atoms with Gasteiger partial charge >= 0.3 is 24.1 Å². The second-order valence-electron chi connectivity index (χ2n) is 5.40. The average molecular weight is 318 g/mol. The van der Waals surface area contributed by atoms with Crippen molar-refractivity contribution >= 4 is 24.1 Å². The van der Waals surface area contributed by atoms with E-state index in [1.807, 2.05) is 0 Å². The molecule has 0 fully saturated rings. The third-order valence-electron chi connectivity index (χ3n) is 2.12.